The van der Waals surface area contributed by atoms with Crippen LogP contribution in [0.25, 0.3) is 0 Å². The molecule has 0 spiro atoms. The lowest BCUT2D eigenvalue weighted by Crippen LogP contribution is -2.31. The van der Waals surface area contributed by atoms with Crippen molar-refractivity contribution >= 4 is 0 Å². The molecular weight excluding hydrogens is 263 g/mol. The molecule has 1 rings (SSSR count). The zero-order valence-electron chi connectivity index (χ0n) is 11.8. The molecule has 0 aliphatic rings. The number of likely N-dealkylation sites (N-methyl/N-ethyl adjacent to an activating group) is 1. The van der Waals surface area contributed by atoms with Crippen molar-refractivity contribution in [3.63, 3.8) is 0 Å². The SMILES string of the molecule is C=CCCCC(Cc1cccc(C(F)(F)F)c1)NCC. The molecule has 0 bridgehead atoms. The van der Waals surface area contributed by atoms with Crippen molar-refractivity contribution < 1.29 is 13.2 Å². The van der Waals surface area contributed by atoms with Gasteiger partial charge >= 0.3 is 6.18 Å². The van der Waals surface area contributed by atoms with Gasteiger partial charge in [-0.3, -0.25) is 0 Å². The average Bonchev–Trinajstić information content (AvgIpc) is 2.38. The third kappa shape index (κ3) is 5.78. The lowest BCUT2D eigenvalue weighted by molar-refractivity contribution is -0.137. The Morgan fingerprint density at radius 1 is 1.35 bits per heavy atom. The Kier molecular flexibility index (Phi) is 6.79. The van der Waals surface area contributed by atoms with Crippen LogP contribution in [0, 0.1) is 0 Å². The highest BCUT2D eigenvalue weighted by molar-refractivity contribution is 5.26. The van der Waals surface area contributed by atoms with Gasteiger partial charge in [0.25, 0.3) is 0 Å². The summed E-state index contributed by atoms with van der Waals surface area (Å²) in [4.78, 5) is 0. The summed E-state index contributed by atoms with van der Waals surface area (Å²) < 4.78 is 38.0. The van der Waals surface area contributed by atoms with Gasteiger partial charge in [-0.15, -0.1) is 6.58 Å². The van der Waals surface area contributed by atoms with E-state index in [4.69, 9.17) is 0 Å². The van der Waals surface area contributed by atoms with Crippen molar-refractivity contribution in [2.24, 2.45) is 0 Å². The fourth-order valence-electron chi connectivity index (χ4n) is 2.23. The van der Waals surface area contributed by atoms with Gasteiger partial charge in [0.2, 0.25) is 0 Å². The highest BCUT2D eigenvalue weighted by Gasteiger charge is 2.30. The van der Waals surface area contributed by atoms with E-state index in [1.165, 1.54) is 12.1 Å². The summed E-state index contributed by atoms with van der Waals surface area (Å²) in [5.41, 5.74) is 0.153. The highest BCUT2D eigenvalue weighted by atomic mass is 19.4. The number of alkyl halides is 3. The molecule has 1 aromatic rings. The normalized spacial score (nSPS) is 13.2. The quantitative estimate of drug-likeness (QED) is 0.544. The fraction of sp³-hybridized carbons (Fsp3) is 0.500. The number of unbranched alkanes of at least 4 members (excludes halogenated alkanes) is 1. The van der Waals surface area contributed by atoms with E-state index in [0.29, 0.717) is 6.42 Å². The summed E-state index contributed by atoms with van der Waals surface area (Å²) in [6.45, 7) is 6.50. The second kappa shape index (κ2) is 8.10. The maximum absolute atomic E-state index is 12.7. The smallest absolute Gasteiger partial charge is 0.314 e. The van der Waals surface area contributed by atoms with Crippen molar-refractivity contribution in [2.75, 3.05) is 6.54 Å². The van der Waals surface area contributed by atoms with Crippen molar-refractivity contribution in [3.05, 3.63) is 48.0 Å². The zero-order chi connectivity index (χ0) is 15.0. The van der Waals surface area contributed by atoms with Crippen LogP contribution in [0.1, 0.15) is 37.3 Å². The van der Waals surface area contributed by atoms with Crippen molar-refractivity contribution in [1.29, 1.82) is 0 Å². The van der Waals surface area contributed by atoms with E-state index in [-0.39, 0.29) is 6.04 Å². The molecule has 0 heterocycles. The van der Waals surface area contributed by atoms with Crippen LogP contribution in [0.3, 0.4) is 0 Å². The van der Waals surface area contributed by atoms with Crippen LogP contribution >= 0.6 is 0 Å². The van der Waals surface area contributed by atoms with E-state index in [1.54, 1.807) is 6.07 Å². The van der Waals surface area contributed by atoms with Crippen LogP contribution in [0.5, 0.6) is 0 Å². The summed E-state index contributed by atoms with van der Waals surface area (Å²) in [7, 11) is 0. The Hall–Kier alpha value is -1.29. The number of benzene rings is 1. The first-order chi connectivity index (χ1) is 9.47. The van der Waals surface area contributed by atoms with E-state index < -0.39 is 11.7 Å². The molecule has 1 N–H and O–H groups in total. The zero-order valence-corrected chi connectivity index (χ0v) is 11.8. The molecule has 1 atom stereocenters. The monoisotopic (exact) mass is 285 g/mol. The molecule has 1 unspecified atom stereocenters. The van der Waals surface area contributed by atoms with E-state index in [0.717, 1.165) is 37.4 Å². The minimum absolute atomic E-state index is 0.212. The van der Waals surface area contributed by atoms with Gasteiger partial charge in [0.15, 0.2) is 0 Å². The topological polar surface area (TPSA) is 12.0 Å². The summed E-state index contributed by atoms with van der Waals surface area (Å²) in [5.74, 6) is 0. The summed E-state index contributed by atoms with van der Waals surface area (Å²) >= 11 is 0. The summed E-state index contributed by atoms with van der Waals surface area (Å²) in [6, 6.07) is 5.81. The second-order valence-electron chi connectivity index (χ2n) is 4.88. The van der Waals surface area contributed by atoms with Gasteiger partial charge in [0.05, 0.1) is 5.56 Å². The molecule has 0 fully saturated rings. The Balaban J connectivity index is 2.70. The van der Waals surface area contributed by atoms with E-state index in [1.807, 2.05) is 13.0 Å². The van der Waals surface area contributed by atoms with E-state index in [2.05, 4.69) is 11.9 Å². The van der Waals surface area contributed by atoms with Crippen LogP contribution in [0.2, 0.25) is 0 Å². The van der Waals surface area contributed by atoms with Crippen molar-refractivity contribution in [1.82, 2.24) is 5.32 Å². The van der Waals surface area contributed by atoms with Crippen molar-refractivity contribution in [2.45, 2.75) is 44.8 Å². The molecule has 0 aromatic heterocycles. The maximum atomic E-state index is 12.7. The van der Waals surface area contributed by atoms with Gasteiger partial charge in [-0.05, 0) is 43.9 Å². The van der Waals surface area contributed by atoms with Crippen LogP contribution in [-0.4, -0.2) is 12.6 Å². The van der Waals surface area contributed by atoms with E-state index >= 15 is 0 Å². The minimum Gasteiger partial charge on any atom is -0.314 e. The standard InChI is InChI=1S/C16H22F3N/c1-3-5-6-10-15(20-4-2)12-13-8-7-9-14(11-13)16(17,18)19/h3,7-9,11,15,20H,1,4-6,10,12H2,2H3. The molecular formula is C16H22F3N. The summed E-state index contributed by atoms with van der Waals surface area (Å²) in [6.07, 6.45) is 1.09. The van der Waals surface area contributed by atoms with Gasteiger partial charge < -0.3 is 5.32 Å². The van der Waals surface area contributed by atoms with Crippen LogP contribution in [0.15, 0.2) is 36.9 Å². The molecule has 1 aromatic carbocycles. The Morgan fingerprint density at radius 2 is 2.10 bits per heavy atom. The molecule has 0 aliphatic carbocycles. The maximum Gasteiger partial charge on any atom is 0.416 e. The lowest BCUT2D eigenvalue weighted by Gasteiger charge is -2.18. The number of hydrogen-bond acceptors (Lipinski definition) is 1. The number of allylic oxidation sites excluding steroid dienone is 1. The summed E-state index contributed by atoms with van der Waals surface area (Å²) in [5, 5.41) is 3.33. The third-order valence-corrected chi connectivity index (χ3v) is 3.19. The fourth-order valence-corrected chi connectivity index (χ4v) is 2.23. The molecule has 0 amide bonds. The average molecular weight is 285 g/mol. The molecule has 4 heteroatoms. The van der Waals surface area contributed by atoms with Crippen LogP contribution in [0.4, 0.5) is 13.2 Å². The Morgan fingerprint density at radius 3 is 2.70 bits per heavy atom. The van der Waals surface area contributed by atoms with E-state index in [9.17, 15) is 13.2 Å². The number of halogens is 3. The molecule has 1 nitrogen and oxygen atoms in total. The number of nitrogens with one attached hydrogen (secondary N) is 1. The highest BCUT2D eigenvalue weighted by Crippen LogP contribution is 2.29. The molecule has 20 heavy (non-hydrogen) atoms. The lowest BCUT2D eigenvalue weighted by atomic mass is 9.99. The van der Waals surface area contributed by atoms with Gasteiger partial charge in [-0.25, -0.2) is 0 Å². The van der Waals surface area contributed by atoms with Crippen molar-refractivity contribution in [3.8, 4) is 0 Å². The molecule has 0 aliphatic heterocycles. The van der Waals surface area contributed by atoms with Gasteiger partial charge in [-0.2, -0.15) is 13.2 Å². The molecule has 0 saturated heterocycles. The number of rotatable bonds is 8. The largest absolute Gasteiger partial charge is 0.416 e. The van der Waals surface area contributed by atoms with Crippen LogP contribution < -0.4 is 5.32 Å². The third-order valence-electron chi connectivity index (χ3n) is 3.19. The first-order valence-corrected chi connectivity index (χ1v) is 6.97. The van der Waals surface area contributed by atoms with Gasteiger partial charge in [0.1, 0.15) is 0 Å². The predicted octanol–water partition coefficient (Wildman–Crippen LogP) is 4.58. The Labute approximate surface area is 118 Å². The van der Waals surface area contributed by atoms with Gasteiger partial charge in [-0.1, -0.05) is 31.2 Å². The molecule has 0 saturated carbocycles. The molecule has 0 radical (unpaired) electrons. The van der Waals surface area contributed by atoms with Crippen LogP contribution in [-0.2, 0) is 12.6 Å². The molecule has 112 valence electrons. The first-order valence-electron chi connectivity index (χ1n) is 6.97. The Bertz CT molecular complexity index is 412. The minimum atomic E-state index is -4.27. The second-order valence-corrected chi connectivity index (χ2v) is 4.88. The first kappa shape index (κ1) is 16.8. The number of hydrogen-bond donors (Lipinski definition) is 1. The van der Waals surface area contributed by atoms with Gasteiger partial charge in [0, 0.05) is 6.04 Å². The predicted molar refractivity (Wildman–Crippen MR) is 76.7 cm³/mol.